The number of ether oxygens (including phenoxy) is 1. The first-order valence-corrected chi connectivity index (χ1v) is 11.3. The maximum Gasteiger partial charge on any atom is 0.407 e. The number of carbonyl (C=O) groups is 4. The number of amides is 3. The van der Waals surface area contributed by atoms with Crippen LogP contribution in [0.15, 0.2) is 48.5 Å². The summed E-state index contributed by atoms with van der Waals surface area (Å²) < 4.78 is 5.55. The van der Waals surface area contributed by atoms with Crippen LogP contribution >= 0.6 is 0 Å². The van der Waals surface area contributed by atoms with Crippen LogP contribution in [-0.4, -0.2) is 54.7 Å². The van der Waals surface area contributed by atoms with Gasteiger partial charge in [-0.15, -0.1) is 0 Å². The fourth-order valence-electron chi connectivity index (χ4n) is 4.09. The zero-order valence-electron chi connectivity index (χ0n) is 19.0. The molecule has 2 aromatic carbocycles. The minimum atomic E-state index is -1.17. The molecule has 3 amide bonds. The summed E-state index contributed by atoms with van der Waals surface area (Å²) in [6.45, 7) is 1.25. The van der Waals surface area contributed by atoms with Crippen molar-refractivity contribution in [3.8, 4) is 11.1 Å². The molecule has 0 heterocycles. The molecule has 0 unspecified atom stereocenters. The summed E-state index contributed by atoms with van der Waals surface area (Å²) in [4.78, 5) is 46.7. The van der Waals surface area contributed by atoms with E-state index in [9.17, 15) is 19.2 Å². The van der Waals surface area contributed by atoms with Crippen molar-refractivity contribution in [2.75, 3.05) is 19.7 Å². The second-order valence-electron chi connectivity index (χ2n) is 8.11. The number of hydrogen-bond donors (Lipinski definition) is 4. The van der Waals surface area contributed by atoms with Gasteiger partial charge in [0, 0.05) is 18.4 Å². The van der Waals surface area contributed by atoms with Crippen molar-refractivity contribution in [3.63, 3.8) is 0 Å². The molecule has 1 atom stereocenters. The molecule has 0 spiro atoms. The molecule has 1 aliphatic rings. The average molecular weight is 468 g/mol. The fourth-order valence-corrected chi connectivity index (χ4v) is 4.09. The summed E-state index contributed by atoms with van der Waals surface area (Å²) in [6, 6.07) is 15.7. The lowest BCUT2D eigenvalue weighted by atomic mass is 9.98. The highest BCUT2D eigenvalue weighted by molar-refractivity contribution is 5.87. The van der Waals surface area contributed by atoms with Gasteiger partial charge in [0.2, 0.25) is 11.8 Å². The smallest absolute Gasteiger partial charge is 0.407 e. The van der Waals surface area contributed by atoms with Crippen LogP contribution in [0.4, 0.5) is 4.79 Å². The molecule has 0 aliphatic heterocycles. The Balaban J connectivity index is 1.51. The molecule has 0 fully saturated rings. The Morgan fingerprint density at radius 1 is 0.912 bits per heavy atom. The van der Waals surface area contributed by atoms with E-state index in [2.05, 4.69) is 28.1 Å². The summed E-state index contributed by atoms with van der Waals surface area (Å²) in [7, 11) is 0. The number of carbonyl (C=O) groups excluding carboxylic acids is 3. The highest BCUT2D eigenvalue weighted by atomic mass is 16.5. The molecule has 9 nitrogen and oxygen atoms in total. The van der Waals surface area contributed by atoms with Gasteiger partial charge in [-0.25, -0.2) is 4.79 Å². The topological polar surface area (TPSA) is 134 Å². The molecule has 9 heteroatoms. The van der Waals surface area contributed by atoms with Crippen molar-refractivity contribution < 1.29 is 29.0 Å². The number of fused-ring (bicyclic) bond motifs is 3. The largest absolute Gasteiger partial charge is 0.480 e. The Kier molecular flexibility index (Phi) is 8.61. The molecule has 1 aliphatic carbocycles. The van der Waals surface area contributed by atoms with Gasteiger partial charge in [0.05, 0.1) is 6.54 Å². The van der Waals surface area contributed by atoms with E-state index in [0.29, 0.717) is 6.42 Å². The quantitative estimate of drug-likeness (QED) is 0.401. The number of alkyl carbamates (subject to hydrolysis) is 1. The normalized spacial score (nSPS) is 12.7. The van der Waals surface area contributed by atoms with Gasteiger partial charge in [0.1, 0.15) is 13.2 Å². The van der Waals surface area contributed by atoms with E-state index in [4.69, 9.17) is 9.84 Å². The lowest BCUT2D eigenvalue weighted by molar-refractivity contribution is -0.137. The fraction of sp³-hybridized carbons (Fsp3) is 0.360. The van der Waals surface area contributed by atoms with Crippen molar-refractivity contribution in [1.82, 2.24) is 16.0 Å². The van der Waals surface area contributed by atoms with E-state index in [1.807, 2.05) is 43.3 Å². The molecule has 0 aromatic heterocycles. The van der Waals surface area contributed by atoms with Crippen LogP contribution in [0.5, 0.6) is 0 Å². The highest BCUT2D eigenvalue weighted by Gasteiger charge is 2.29. The van der Waals surface area contributed by atoms with Gasteiger partial charge in [-0.05, 0) is 28.7 Å². The Morgan fingerprint density at radius 2 is 1.50 bits per heavy atom. The molecule has 3 rings (SSSR count). The minimum absolute atomic E-state index is 0.0236. The first kappa shape index (κ1) is 24.8. The van der Waals surface area contributed by atoms with Gasteiger partial charge < -0.3 is 25.8 Å². The van der Waals surface area contributed by atoms with Crippen LogP contribution in [0.25, 0.3) is 11.1 Å². The molecule has 0 radical (unpaired) electrons. The number of rotatable bonds is 11. The van der Waals surface area contributed by atoms with Crippen LogP contribution in [0.2, 0.25) is 0 Å². The van der Waals surface area contributed by atoms with Crippen molar-refractivity contribution >= 4 is 23.9 Å². The maximum atomic E-state index is 12.5. The van der Waals surface area contributed by atoms with Crippen LogP contribution in [-0.2, 0) is 19.1 Å². The summed E-state index contributed by atoms with van der Waals surface area (Å²) >= 11 is 0. The highest BCUT2D eigenvalue weighted by Crippen LogP contribution is 2.44. The third-order valence-corrected chi connectivity index (χ3v) is 5.62. The summed E-state index contributed by atoms with van der Waals surface area (Å²) in [5, 5.41) is 15.9. The van der Waals surface area contributed by atoms with Gasteiger partial charge >= 0.3 is 12.1 Å². The number of hydrogen-bond acceptors (Lipinski definition) is 5. The molecule has 180 valence electrons. The number of carboxylic acids is 1. The number of benzene rings is 2. The third-order valence-electron chi connectivity index (χ3n) is 5.62. The van der Waals surface area contributed by atoms with E-state index in [-0.39, 0.29) is 25.5 Å². The summed E-state index contributed by atoms with van der Waals surface area (Å²) in [5.41, 5.74) is 4.50. The van der Waals surface area contributed by atoms with Gasteiger partial charge in [-0.3, -0.25) is 14.4 Å². The standard InChI is InChI=1S/C25H29N3O6/c1-2-7-16(12-22(29)26-13-23(30)27-14-24(31)32)28-25(33)34-15-21-19-10-5-3-8-17(19)18-9-4-6-11-20(18)21/h3-6,8-11,16,21H,2,7,12-15H2,1H3,(H,26,29)(H,27,30)(H,28,33)(H,31,32)/t16-/m1/s1. The molecule has 4 N–H and O–H groups in total. The van der Waals surface area contributed by atoms with E-state index < -0.39 is 36.5 Å². The van der Waals surface area contributed by atoms with Crippen molar-refractivity contribution in [2.24, 2.45) is 0 Å². The maximum absolute atomic E-state index is 12.5. The Labute approximate surface area is 197 Å². The molecule has 0 saturated heterocycles. The Morgan fingerprint density at radius 3 is 2.09 bits per heavy atom. The van der Waals surface area contributed by atoms with Gasteiger partial charge in [0.25, 0.3) is 0 Å². The van der Waals surface area contributed by atoms with Crippen LogP contribution in [0, 0.1) is 0 Å². The second-order valence-corrected chi connectivity index (χ2v) is 8.11. The van der Waals surface area contributed by atoms with Gasteiger partial charge in [-0.1, -0.05) is 61.9 Å². The van der Waals surface area contributed by atoms with E-state index in [0.717, 1.165) is 28.7 Å². The van der Waals surface area contributed by atoms with Crippen LogP contribution in [0.3, 0.4) is 0 Å². The minimum Gasteiger partial charge on any atom is -0.480 e. The van der Waals surface area contributed by atoms with E-state index in [1.54, 1.807) is 0 Å². The summed E-state index contributed by atoms with van der Waals surface area (Å²) in [6.07, 6.45) is 0.667. The first-order valence-electron chi connectivity index (χ1n) is 11.3. The van der Waals surface area contributed by atoms with Crippen molar-refractivity contribution in [1.29, 1.82) is 0 Å². The number of carboxylic acid groups (broad SMARTS) is 1. The van der Waals surface area contributed by atoms with Crippen LogP contribution in [0.1, 0.15) is 43.2 Å². The summed E-state index contributed by atoms with van der Waals surface area (Å²) in [5.74, 6) is -2.26. The zero-order chi connectivity index (χ0) is 24.5. The third kappa shape index (κ3) is 6.57. The molecule has 0 bridgehead atoms. The SMILES string of the molecule is CCC[C@H](CC(=O)NCC(=O)NCC(=O)O)NC(=O)OCC1c2ccccc2-c2ccccc21. The van der Waals surface area contributed by atoms with E-state index >= 15 is 0 Å². The lowest BCUT2D eigenvalue weighted by Gasteiger charge is -2.19. The predicted molar refractivity (Wildman–Crippen MR) is 125 cm³/mol. The number of nitrogens with one attached hydrogen (secondary N) is 3. The second kappa shape index (κ2) is 11.8. The number of aliphatic carboxylic acids is 1. The molecular formula is C25H29N3O6. The first-order chi connectivity index (χ1) is 16.4. The predicted octanol–water partition coefficient (Wildman–Crippen LogP) is 2.40. The van der Waals surface area contributed by atoms with Crippen molar-refractivity contribution in [2.45, 2.75) is 38.1 Å². The van der Waals surface area contributed by atoms with Crippen molar-refractivity contribution in [3.05, 3.63) is 59.7 Å². The van der Waals surface area contributed by atoms with Crippen LogP contribution < -0.4 is 16.0 Å². The molecule has 2 aromatic rings. The Bertz CT molecular complexity index is 1010. The molecular weight excluding hydrogens is 438 g/mol. The lowest BCUT2D eigenvalue weighted by Crippen LogP contribution is -2.43. The van der Waals surface area contributed by atoms with Gasteiger partial charge in [0.15, 0.2) is 0 Å². The zero-order valence-corrected chi connectivity index (χ0v) is 19.0. The molecule has 34 heavy (non-hydrogen) atoms. The van der Waals surface area contributed by atoms with E-state index in [1.165, 1.54) is 0 Å². The average Bonchev–Trinajstić information content (AvgIpc) is 3.14. The Hall–Kier alpha value is -3.88. The molecule has 0 saturated carbocycles. The monoisotopic (exact) mass is 467 g/mol. The van der Waals surface area contributed by atoms with Gasteiger partial charge in [-0.2, -0.15) is 0 Å².